The summed E-state index contributed by atoms with van der Waals surface area (Å²) in [6.45, 7) is 0. The van der Waals surface area contributed by atoms with Gasteiger partial charge in [0.05, 0.1) is 6.04 Å². The van der Waals surface area contributed by atoms with E-state index in [4.69, 9.17) is 21.1 Å². The molecule has 10 heavy (non-hydrogen) atoms. The van der Waals surface area contributed by atoms with Gasteiger partial charge in [0.25, 0.3) is 0 Å². The minimum atomic E-state index is -1.15. The van der Waals surface area contributed by atoms with Crippen molar-refractivity contribution in [1.82, 2.24) is 0 Å². The summed E-state index contributed by atoms with van der Waals surface area (Å²) < 4.78 is 0. The minimum absolute atomic E-state index is 0.571. The molecule has 1 aliphatic rings. The fraction of sp³-hybridized carbons (Fsp3) is 0.667. The highest BCUT2D eigenvalue weighted by atomic mass is 16.4. The lowest BCUT2D eigenvalue weighted by atomic mass is 9.95. The van der Waals surface area contributed by atoms with Crippen LogP contribution < -0.4 is 5.73 Å². The second kappa shape index (κ2) is 2.67. The molecule has 0 fully saturated rings. The Morgan fingerprint density at radius 1 is 1.00 bits per heavy atom. The number of hydrogen-bond donors (Lipinski definition) is 4. The first-order valence-electron chi connectivity index (χ1n) is 3.11. The van der Waals surface area contributed by atoms with Gasteiger partial charge >= 0.3 is 0 Å². The van der Waals surface area contributed by atoms with E-state index in [2.05, 4.69) is 0 Å². The third kappa shape index (κ3) is 1.19. The van der Waals surface area contributed by atoms with Gasteiger partial charge in [0.1, 0.15) is 18.3 Å². The first kappa shape index (κ1) is 7.68. The van der Waals surface area contributed by atoms with E-state index in [1.165, 1.54) is 12.2 Å². The van der Waals surface area contributed by atoms with E-state index in [1.54, 1.807) is 0 Å². The molecule has 1 aliphatic carbocycles. The molecular formula is C6H11NO3. The number of aliphatic hydroxyl groups excluding tert-OH is 3. The molecule has 0 amide bonds. The first-order chi connectivity index (χ1) is 4.63. The van der Waals surface area contributed by atoms with Crippen LogP contribution in [0.3, 0.4) is 0 Å². The zero-order valence-electron chi connectivity index (χ0n) is 5.38. The van der Waals surface area contributed by atoms with Gasteiger partial charge in [-0.05, 0) is 0 Å². The van der Waals surface area contributed by atoms with Crippen LogP contribution in [0.5, 0.6) is 0 Å². The molecule has 0 spiro atoms. The smallest absolute Gasteiger partial charge is 0.111 e. The van der Waals surface area contributed by atoms with Gasteiger partial charge in [-0.1, -0.05) is 12.2 Å². The van der Waals surface area contributed by atoms with E-state index in [1.807, 2.05) is 0 Å². The van der Waals surface area contributed by atoms with Crippen LogP contribution >= 0.6 is 0 Å². The molecule has 4 heteroatoms. The lowest BCUT2D eigenvalue weighted by Crippen LogP contribution is -2.49. The zero-order valence-corrected chi connectivity index (χ0v) is 5.38. The first-order valence-corrected chi connectivity index (χ1v) is 3.11. The maximum Gasteiger partial charge on any atom is 0.111 e. The maximum absolute atomic E-state index is 9.03. The van der Waals surface area contributed by atoms with Crippen molar-refractivity contribution in [3.05, 3.63) is 12.2 Å². The van der Waals surface area contributed by atoms with Crippen LogP contribution in [0.4, 0.5) is 0 Å². The van der Waals surface area contributed by atoms with Crippen LogP contribution in [0.2, 0.25) is 0 Å². The average Bonchev–Trinajstić information content (AvgIpc) is 1.93. The molecule has 1 rings (SSSR count). The Balaban J connectivity index is 2.69. The predicted octanol–water partition coefficient (Wildman–Crippen LogP) is -2.03. The van der Waals surface area contributed by atoms with E-state index >= 15 is 0 Å². The summed E-state index contributed by atoms with van der Waals surface area (Å²) in [6, 6.07) is -0.571. The summed E-state index contributed by atoms with van der Waals surface area (Å²) >= 11 is 0. The average molecular weight is 145 g/mol. The molecule has 0 saturated carbocycles. The highest BCUT2D eigenvalue weighted by molar-refractivity contribution is 5.09. The van der Waals surface area contributed by atoms with Gasteiger partial charge in [-0.25, -0.2) is 0 Å². The summed E-state index contributed by atoms with van der Waals surface area (Å²) in [6.07, 6.45) is -0.348. The van der Waals surface area contributed by atoms with E-state index < -0.39 is 24.4 Å². The van der Waals surface area contributed by atoms with Crippen molar-refractivity contribution < 1.29 is 15.3 Å². The second-order valence-corrected chi connectivity index (χ2v) is 2.43. The predicted molar refractivity (Wildman–Crippen MR) is 35.1 cm³/mol. The van der Waals surface area contributed by atoms with Gasteiger partial charge in [0.2, 0.25) is 0 Å². The van der Waals surface area contributed by atoms with E-state index in [9.17, 15) is 0 Å². The zero-order chi connectivity index (χ0) is 7.72. The molecule has 0 saturated heterocycles. The number of hydrogen-bond acceptors (Lipinski definition) is 4. The van der Waals surface area contributed by atoms with Gasteiger partial charge < -0.3 is 21.1 Å². The Morgan fingerprint density at radius 3 is 2.10 bits per heavy atom. The van der Waals surface area contributed by atoms with Crippen molar-refractivity contribution >= 4 is 0 Å². The van der Waals surface area contributed by atoms with Crippen molar-refractivity contribution in [3.8, 4) is 0 Å². The molecule has 0 aliphatic heterocycles. The van der Waals surface area contributed by atoms with Gasteiger partial charge in [-0.2, -0.15) is 0 Å². The number of aliphatic hydroxyl groups is 3. The topological polar surface area (TPSA) is 86.7 Å². The van der Waals surface area contributed by atoms with Gasteiger partial charge in [-0.3, -0.25) is 0 Å². The Morgan fingerprint density at radius 2 is 1.60 bits per heavy atom. The van der Waals surface area contributed by atoms with Crippen molar-refractivity contribution in [2.24, 2.45) is 5.73 Å². The summed E-state index contributed by atoms with van der Waals surface area (Å²) in [4.78, 5) is 0. The molecule has 0 radical (unpaired) electrons. The largest absolute Gasteiger partial charge is 0.388 e. The molecule has 0 aromatic rings. The highest BCUT2D eigenvalue weighted by Crippen LogP contribution is 2.11. The summed E-state index contributed by atoms with van der Waals surface area (Å²) in [7, 11) is 0. The van der Waals surface area contributed by atoms with Crippen LogP contribution in [0, 0.1) is 0 Å². The normalized spacial score (nSPS) is 47.6. The molecule has 0 aromatic carbocycles. The quantitative estimate of drug-likeness (QED) is 0.296. The van der Waals surface area contributed by atoms with Crippen LogP contribution in [-0.4, -0.2) is 39.7 Å². The Bertz CT molecular complexity index is 132. The fourth-order valence-corrected chi connectivity index (χ4v) is 0.900. The lowest BCUT2D eigenvalue weighted by Gasteiger charge is -2.28. The Labute approximate surface area is 58.6 Å². The third-order valence-electron chi connectivity index (χ3n) is 1.62. The molecular weight excluding hydrogens is 134 g/mol. The molecule has 4 nitrogen and oxygen atoms in total. The van der Waals surface area contributed by atoms with Crippen LogP contribution in [0.25, 0.3) is 0 Å². The standard InChI is InChI=1S/C6H11NO3/c7-3-1-2-4(8)6(10)5(3)9/h1-6,8-10H,7H2/t3-,4+,5-,6-/m0/s1. The number of nitrogens with two attached hydrogens (primary N) is 1. The minimum Gasteiger partial charge on any atom is -0.388 e. The van der Waals surface area contributed by atoms with E-state index in [0.717, 1.165) is 0 Å². The van der Waals surface area contributed by atoms with Crippen molar-refractivity contribution in [2.75, 3.05) is 0 Å². The Kier molecular flexibility index (Phi) is 2.05. The molecule has 0 heterocycles. The molecule has 0 bridgehead atoms. The molecule has 58 valence electrons. The second-order valence-electron chi connectivity index (χ2n) is 2.43. The molecule has 5 N–H and O–H groups in total. The number of rotatable bonds is 0. The van der Waals surface area contributed by atoms with E-state index in [0.29, 0.717) is 0 Å². The lowest BCUT2D eigenvalue weighted by molar-refractivity contribution is -0.0518. The fourth-order valence-electron chi connectivity index (χ4n) is 0.900. The van der Waals surface area contributed by atoms with Crippen molar-refractivity contribution in [2.45, 2.75) is 24.4 Å². The highest BCUT2D eigenvalue weighted by Gasteiger charge is 2.30. The van der Waals surface area contributed by atoms with Crippen molar-refractivity contribution in [1.29, 1.82) is 0 Å². The summed E-state index contributed by atoms with van der Waals surface area (Å²) in [5.74, 6) is 0. The van der Waals surface area contributed by atoms with E-state index in [-0.39, 0.29) is 0 Å². The van der Waals surface area contributed by atoms with Gasteiger partial charge in [0, 0.05) is 0 Å². The molecule has 0 unspecified atom stereocenters. The molecule has 0 aromatic heterocycles. The summed E-state index contributed by atoms with van der Waals surface area (Å²) in [5.41, 5.74) is 5.32. The molecule has 4 atom stereocenters. The third-order valence-corrected chi connectivity index (χ3v) is 1.62. The summed E-state index contributed by atoms with van der Waals surface area (Å²) in [5, 5.41) is 26.9. The van der Waals surface area contributed by atoms with Crippen LogP contribution in [-0.2, 0) is 0 Å². The monoisotopic (exact) mass is 145 g/mol. The SMILES string of the molecule is N[C@H]1C=C[C@@H](O)[C@H](O)[C@H]1O. The van der Waals surface area contributed by atoms with Crippen molar-refractivity contribution in [3.63, 3.8) is 0 Å². The van der Waals surface area contributed by atoms with Crippen LogP contribution in [0.15, 0.2) is 12.2 Å². The Hall–Kier alpha value is -0.420. The maximum atomic E-state index is 9.03. The van der Waals surface area contributed by atoms with Gasteiger partial charge in [-0.15, -0.1) is 0 Å². The van der Waals surface area contributed by atoms with Gasteiger partial charge in [0.15, 0.2) is 0 Å². The van der Waals surface area contributed by atoms with Crippen LogP contribution in [0.1, 0.15) is 0 Å².